The predicted molar refractivity (Wildman–Crippen MR) is 138 cm³/mol. The van der Waals surface area contributed by atoms with Crippen molar-refractivity contribution < 1.29 is 4.74 Å². The predicted octanol–water partition coefficient (Wildman–Crippen LogP) is 3.97. The van der Waals surface area contributed by atoms with Gasteiger partial charge in [-0.15, -0.1) is 11.3 Å². The average molecular weight is 472 g/mol. The number of thiophene rings is 1. The summed E-state index contributed by atoms with van der Waals surface area (Å²) >= 11 is 1.84. The van der Waals surface area contributed by atoms with Crippen LogP contribution in [-0.4, -0.2) is 45.8 Å². The largest absolute Gasteiger partial charge is 0.367 e. The Bertz CT molecular complexity index is 1100. The number of piperidine rings is 1. The minimum Gasteiger partial charge on any atom is -0.367 e. The number of nitrogens with one attached hydrogen (secondary N) is 4. The molecule has 5 rings (SSSR count). The van der Waals surface area contributed by atoms with Gasteiger partial charge in [0.15, 0.2) is 0 Å². The van der Waals surface area contributed by atoms with Crippen molar-refractivity contribution in [1.82, 2.24) is 15.6 Å². The topological polar surface area (TPSA) is 70.2 Å². The van der Waals surface area contributed by atoms with E-state index in [0.717, 1.165) is 53.8 Å². The molecule has 0 amide bonds. The zero-order valence-corrected chi connectivity index (χ0v) is 21.1. The summed E-state index contributed by atoms with van der Waals surface area (Å²) < 4.78 is 5.89. The van der Waals surface area contributed by atoms with Gasteiger partial charge in [0.1, 0.15) is 20.9 Å². The lowest BCUT2D eigenvalue weighted by molar-refractivity contribution is 0.170. The van der Waals surface area contributed by atoms with Crippen molar-refractivity contribution in [2.24, 2.45) is 0 Å². The monoisotopic (exact) mass is 471 g/mol. The maximum atomic E-state index is 5.89. The van der Waals surface area contributed by atoms with Gasteiger partial charge in [0.05, 0.1) is 11.1 Å². The Morgan fingerprint density at radius 3 is 2.72 bits per heavy atom. The molecule has 5 heterocycles. The number of methoxy groups -OCH3 is 1. The molecule has 0 bridgehead atoms. The van der Waals surface area contributed by atoms with Crippen LogP contribution in [0.2, 0.25) is 0 Å². The maximum absolute atomic E-state index is 5.89. The van der Waals surface area contributed by atoms with Gasteiger partial charge in [-0.05, 0) is 71.2 Å². The van der Waals surface area contributed by atoms with E-state index in [1.807, 2.05) is 23.6 Å². The highest BCUT2D eigenvalue weighted by Crippen LogP contribution is 2.39. The van der Waals surface area contributed by atoms with Crippen molar-refractivity contribution in [2.45, 2.75) is 70.6 Å². The summed E-state index contributed by atoms with van der Waals surface area (Å²) in [5.74, 6) is 0.933. The first-order valence-corrected chi connectivity index (χ1v) is 13.0. The van der Waals surface area contributed by atoms with Gasteiger partial charge >= 0.3 is 0 Å². The van der Waals surface area contributed by atoms with Crippen molar-refractivity contribution >= 4 is 43.1 Å². The number of aromatic nitrogens is 1. The average Bonchev–Trinajstić information content (AvgIpc) is 3.09. The van der Waals surface area contributed by atoms with Gasteiger partial charge in [-0.1, -0.05) is 10.9 Å². The fourth-order valence-corrected chi connectivity index (χ4v) is 7.87. The van der Waals surface area contributed by atoms with Gasteiger partial charge in [0.2, 0.25) is 0 Å². The lowest BCUT2D eigenvalue weighted by atomic mass is 9.79. The van der Waals surface area contributed by atoms with E-state index >= 15 is 0 Å². The number of hydrogen-bond donors (Lipinski definition) is 4. The van der Waals surface area contributed by atoms with Crippen LogP contribution in [-0.2, 0) is 17.7 Å². The molecular formula is C24H33N5OS2. The molecule has 0 aliphatic carbocycles. The van der Waals surface area contributed by atoms with Crippen LogP contribution in [0.5, 0.6) is 0 Å². The molecular weight excluding hydrogens is 438 g/mol. The third-order valence-corrected chi connectivity index (χ3v) is 8.55. The Morgan fingerprint density at radius 2 is 1.97 bits per heavy atom. The highest BCUT2D eigenvalue weighted by Gasteiger charge is 2.38. The molecule has 6 nitrogen and oxygen atoms in total. The third-order valence-electron chi connectivity index (χ3n) is 6.32. The maximum Gasteiger partial charge on any atom is 0.141 e. The van der Waals surface area contributed by atoms with E-state index in [9.17, 15) is 0 Å². The molecule has 0 saturated carbocycles. The molecule has 0 radical (unpaired) electrons. The quantitative estimate of drug-likeness (QED) is 0.508. The molecule has 0 aromatic carbocycles. The van der Waals surface area contributed by atoms with E-state index in [4.69, 9.17) is 9.72 Å². The lowest BCUT2D eigenvalue weighted by Crippen LogP contribution is -2.60. The highest BCUT2D eigenvalue weighted by atomic mass is 32.1. The minimum absolute atomic E-state index is 0.0787. The number of nitrogens with zero attached hydrogens (tertiary/aromatic N) is 1. The van der Waals surface area contributed by atoms with Gasteiger partial charge in [0.25, 0.3) is 0 Å². The van der Waals surface area contributed by atoms with Crippen molar-refractivity contribution in [1.29, 1.82) is 0 Å². The highest BCUT2D eigenvalue weighted by molar-refractivity contribution is 7.99. The first-order valence-electron chi connectivity index (χ1n) is 11.3. The molecule has 32 heavy (non-hydrogen) atoms. The van der Waals surface area contributed by atoms with Gasteiger partial charge < -0.3 is 26.0 Å². The molecule has 0 atom stereocenters. The van der Waals surface area contributed by atoms with Crippen LogP contribution >= 0.6 is 22.3 Å². The number of ether oxygens (including phenoxy) is 1. The number of fused-ring (bicyclic) bond motifs is 3. The molecule has 1 saturated heterocycles. The number of rotatable bonds is 3. The van der Waals surface area contributed by atoms with Crippen LogP contribution in [0.1, 0.15) is 62.1 Å². The molecule has 2 aromatic heterocycles. The summed E-state index contributed by atoms with van der Waals surface area (Å²) in [7, 11) is 3.45. The third kappa shape index (κ3) is 4.26. The Labute approximate surface area is 198 Å². The Kier molecular flexibility index (Phi) is 5.70. The van der Waals surface area contributed by atoms with E-state index in [0.29, 0.717) is 6.04 Å². The van der Waals surface area contributed by atoms with Gasteiger partial charge in [-0.2, -0.15) is 0 Å². The Hall–Kier alpha value is -1.71. The molecule has 3 aliphatic heterocycles. The summed E-state index contributed by atoms with van der Waals surface area (Å²) in [6.45, 7) is 11.1. The molecule has 4 N–H and O–H groups in total. The van der Waals surface area contributed by atoms with Crippen LogP contribution in [0, 0.1) is 0 Å². The second-order valence-corrected chi connectivity index (χ2v) is 12.3. The van der Waals surface area contributed by atoms with E-state index in [-0.39, 0.29) is 11.1 Å². The van der Waals surface area contributed by atoms with Crippen molar-refractivity contribution in [3.8, 4) is 0 Å². The number of anilines is 2. The van der Waals surface area contributed by atoms with Crippen molar-refractivity contribution in [3.05, 3.63) is 39.9 Å². The molecule has 0 spiro atoms. The Balaban J connectivity index is 1.50. The summed E-state index contributed by atoms with van der Waals surface area (Å²) in [5.41, 5.74) is 3.94. The summed E-state index contributed by atoms with van der Waals surface area (Å²) in [6, 6.07) is 4.51. The molecule has 0 unspecified atom stereocenters. The van der Waals surface area contributed by atoms with Crippen LogP contribution in [0.3, 0.4) is 0 Å². The zero-order chi connectivity index (χ0) is 22.5. The number of hydrogen-bond acceptors (Lipinski definition) is 7. The van der Waals surface area contributed by atoms with Gasteiger partial charge in [-0.25, -0.2) is 4.98 Å². The van der Waals surface area contributed by atoms with Crippen LogP contribution in [0.15, 0.2) is 18.3 Å². The molecule has 3 aliphatic rings. The second kappa shape index (κ2) is 8.25. The van der Waals surface area contributed by atoms with E-state index < -0.39 is 0 Å². The summed E-state index contributed by atoms with van der Waals surface area (Å²) in [5, 5.41) is 16.9. The smallest absolute Gasteiger partial charge is 0.141 e. The van der Waals surface area contributed by atoms with Gasteiger partial charge in [-0.3, -0.25) is 0 Å². The van der Waals surface area contributed by atoms with Crippen molar-refractivity contribution in [2.75, 3.05) is 24.3 Å². The first kappa shape index (κ1) is 22.1. The molecule has 2 aromatic rings. The fraction of sp³-hybridized carbons (Fsp3) is 0.542. The lowest BCUT2D eigenvalue weighted by Gasteiger charge is -2.46. The second-order valence-electron chi connectivity index (χ2n) is 10.2. The van der Waals surface area contributed by atoms with E-state index in [1.165, 1.54) is 21.0 Å². The molecule has 172 valence electrons. The van der Waals surface area contributed by atoms with E-state index in [1.54, 1.807) is 18.0 Å². The van der Waals surface area contributed by atoms with Crippen molar-refractivity contribution in [3.63, 3.8) is 0 Å². The minimum atomic E-state index is 0.0787. The zero-order valence-electron chi connectivity index (χ0n) is 19.5. The number of pyridine rings is 1. The van der Waals surface area contributed by atoms with Gasteiger partial charge in [0, 0.05) is 41.8 Å². The molecule has 8 heteroatoms. The van der Waals surface area contributed by atoms with Crippen LogP contribution in [0.25, 0.3) is 0 Å². The molecule has 1 fully saturated rings. The SMILES string of the molecule is COC1=S=C(c2cccnc2NC2CC(C)(C)NC(C)(C)C2)Nc2sc3c(c21)CCNC3. The standard InChI is InChI=1S/C24H33N5OS2/c1-23(2)11-14(12-24(3,4)29-23)27-19-16(7-6-9-26-19)20-28-21-18(22(30-5)32-20)15-8-10-25-13-17(15)31-21/h6-7,9,14,25,28-29H,8,10-13H2,1-5H3,(H,26,27). The summed E-state index contributed by atoms with van der Waals surface area (Å²) in [4.78, 5) is 7.24. The fourth-order valence-electron chi connectivity index (χ4n) is 5.50. The first-order chi connectivity index (χ1) is 15.2. The van der Waals surface area contributed by atoms with Crippen LogP contribution < -0.4 is 21.3 Å². The van der Waals surface area contributed by atoms with Crippen LogP contribution in [0.4, 0.5) is 10.8 Å². The van der Waals surface area contributed by atoms with E-state index in [2.05, 4.69) is 55.0 Å². The normalized spacial score (nSPS) is 21.9. The summed E-state index contributed by atoms with van der Waals surface area (Å²) in [6.07, 6.45) is 5.02. The Morgan fingerprint density at radius 1 is 1.19 bits per heavy atom.